The first-order valence-electron chi connectivity index (χ1n) is 8.62. The second-order valence-corrected chi connectivity index (χ2v) is 6.80. The van der Waals surface area contributed by atoms with Crippen molar-refractivity contribution in [3.63, 3.8) is 0 Å². The lowest BCUT2D eigenvalue weighted by atomic mass is 10.00. The van der Waals surface area contributed by atoms with Crippen LogP contribution in [0.5, 0.6) is 0 Å². The molecular weight excluding hydrogens is 302 g/mol. The van der Waals surface area contributed by atoms with Crippen LogP contribution < -0.4 is 5.73 Å². The summed E-state index contributed by atoms with van der Waals surface area (Å²) < 4.78 is 5.81. The number of hydrogen-bond donors (Lipinski definition) is 1. The zero-order valence-electron chi connectivity index (χ0n) is 13.8. The maximum atomic E-state index is 12.4. The Morgan fingerprint density at radius 1 is 1.17 bits per heavy atom. The van der Waals surface area contributed by atoms with E-state index in [1.807, 2.05) is 6.07 Å². The molecule has 5 nitrogen and oxygen atoms in total. The Labute approximate surface area is 142 Å². The molecule has 1 fully saturated rings. The van der Waals surface area contributed by atoms with Gasteiger partial charge >= 0.3 is 0 Å². The molecule has 4 rings (SSSR count). The van der Waals surface area contributed by atoms with Crippen molar-refractivity contribution in [2.24, 2.45) is 5.73 Å². The summed E-state index contributed by atoms with van der Waals surface area (Å²) in [7, 11) is 0. The Morgan fingerprint density at radius 3 is 2.79 bits per heavy atom. The minimum atomic E-state index is -0.0433. The van der Waals surface area contributed by atoms with E-state index >= 15 is 0 Å². The van der Waals surface area contributed by atoms with E-state index in [-0.39, 0.29) is 11.9 Å². The third kappa shape index (κ3) is 3.09. The number of carbonyl (C=O) groups excluding carboxylic acids is 1. The van der Waals surface area contributed by atoms with Gasteiger partial charge in [-0.3, -0.25) is 9.69 Å². The van der Waals surface area contributed by atoms with Crippen molar-refractivity contribution in [2.45, 2.75) is 32.0 Å². The summed E-state index contributed by atoms with van der Waals surface area (Å²) in [6.45, 7) is 4.03. The Bertz CT molecular complexity index is 740. The molecule has 2 aliphatic rings. The molecule has 0 radical (unpaired) electrons. The van der Waals surface area contributed by atoms with Crippen LogP contribution in [0, 0.1) is 0 Å². The molecule has 2 aliphatic heterocycles. The van der Waals surface area contributed by atoms with Gasteiger partial charge in [-0.25, -0.2) is 0 Å². The number of nitrogens with zero attached hydrogens (tertiary/aromatic N) is 2. The van der Waals surface area contributed by atoms with Gasteiger partial charge in [0.05, 0.1) is 6.54 Å². The van der Waals surface area contributed by atoms with E-state index < -0.39 is 0 Å². The van der Waals surface area contributed by atoms with E-state index in [1.165, 1.54) is 11.1 Å². The van der Waals surface area contributed by atoms with Crippen molar-refractivity contribution in [3.8, 4) is 0 Å². The van der Waals surface area contributed by atoms with E-state index in [9.17, 15) is 4.79 Å². The van der Waals surface area contributed by atoms with Gasteiger partial charge in [0.25, 0.3) is 5.91 Å². The Morgan fingerprint density at radius 2 is 2.00 bits per heavy atom. The van der Waals surface area contributed by atoms with Gasteiger partial charge in [-0.1, -0.05) is 24.3 Å². The first kappa shape index (κ1) is 15.4. The fourth-order valence-electron chi connectivity index (χ4n) is 3.61. The minimum Gasteiger partial charge on any atom is -0.455 e. The van der Waals surface area contributed by atoms with Crippen molar-refractivity contribution in [3.05, 3.63) is 59.0 Å². The maximum absolute atomic E-state index is 12.4. The number of carbonyl (C=O) groups is 1. The summed E-state index contributed by atoms with van der Waals surface area (Å²) in [5.74, 6) is 1.23. The van der Waals surface area contributed by atoms with Gasteiger partial charge in [-0.15, -0.1) is 0 Å². The van der Waals surface area contributed by atoms with Crippen molar-refractivity contribution < 1.29 is 9.21 Å². The maximum Gasteiger partial charge on any atom is 0.289 e. The number of rotatable bonds is 3. The average Bonchev–Trinajstić information content (AvgIpc) is 3.23. The predicted molar refractivity (Wildman–Crippen MR) is 91.5 cm³/mol. The molecule has 1 saturated heterocycles. The fourth-order valence-corrected chi connectivity index (χ4v) is 3.61. The van der Waals surface area contributed by atoms with Gasteiger partial charge in [0.1, 0.15) is 5.76 Å². The number of fused-ring (bicyclic) bond motifs is 1. The molecular formula is C19H23N3O2. The van der Waals surface area contributed by atoms with E-state index in [4.69, 9.17) is 10.2 Å². The Hall–Kier alpha value is -2.11. The van der Waals surface area contributed by atoms with E-state index in [1.54, 1.807) is 11.0 Å². The summed E-state index contributed by atoms with van der Waals surface area (Å²) in [6, 6.07) is 12.4. The van der Waals surface area contributed by atoms with Crippen LogP contribution in [-0.4, -0.2) is 41.4 Å². The monoisotopic (exact) mass is 325 g/mol. The number of hydrogen-bond acceptors (Lipinski definition) is 4. The molecule has 1 amide bonds. The molecule has 1 aromatic heterocycles. The van der Waals surface area contributed by atoms with Gasteiger partial charge < -0.3 is 15.1 Å². The summed E-state index contributed by atoms with van der Waals surface area (Å²) in [5, 5.41) is 0. The van der Waals surface area contributed by atoms with Gasteiger partial charge in [0.2, 0.25) is 0 Å². The third-order valence-corrected chi connectivity index (χ3v) is 4.97. The summed E-state index contributed by atoms with van der Waals surface area (Å²) >= 11 is 0. The molecule has 2 aromatic rings. The van der Waals surface area contributed by atoms with Crippen molar-refractivity contribution in [2.75, 3.05) is 19.6 Å². The van der Waals surface area contributed by atoms with Crippen LogP contribution in [0.1, 0.15) is 33.9 Å². The summed E-state index contributed by atoms with van der Waals surface area (Å²) in [4.78, 5) is 16.6. The van der Waals surface area contributed by atoms with Crippen LogP contribution >= 0.6 is 0 Å². The zero-order chi connectivity index (χ0) is 16.5. The lowest BCUT2D eigenvalue weighted by Crippen LogP contribution is -2.31. The SMILES string of the molecule is NC1CCN(C(=O)c2ccc(CN3CCc4ccccc4C3)o2)C1. The molecule has 24 heavy (non-hydrogen) atoms. The highest BCUT2D eigenvalue weighted by Crippen LogP contribution is 2.21. The second kappa shape index (κ2) is 6.42. The van der Waals surface area contributed by atoms with E-state index in [0.29, 0.717) is 12.3 Å². The zero-order valence-corrected chi connectivity index (χ0v) is 13.8. The highest BCUT2D eigenvalue weighted by molar-refractivity contribution is 5.91. The van der Waals surface area contributed by atoms with Gasteiger partial charge in [-0.2, -0.15) is 0 Å². The van der Waals surface area contributed by atoms with Crippen LogP contribution in [0.15, 0.2) is 40.8 Å². The van der Waals surface area contributed by atoms with Crippen molar-refractivity contribution in [1.29, 1.82) is 0 Å². The van der Waals surface area contributed by atoms with Crippen LogP contribution in [-0.2, 0) is 19.5 Å². The topological polar surface area (TPSA) is 62.7 Å². The highest BCUT2D eigenvalue weighted by atomic mass is 16.4. The summed E-state index contributed by atoms with van der Waals surface area (Å²) in [6.07, 6.45) is 1.93. The molecule has 0 saturated carbocycles. The smallest absolute Gasteiger partial charge is 0.289 e. The fraction of sp³-hybridized carbons (Fsp3) is 0.421. The number of nitrogens with two attached hydrogens (primary N) is 1. The van der Waals surface area contributed by atoms with E-state index in [0.717, 1.165) is 44.8 Å². The first-order chi connectivity index (χ1) is 11.7. The molecule has 5 heteroatoms. The normalized spacial score (nSPS) is 21.0. The molecule has 0 aliphatic carbocycles. The highest BCUT2D eigenvalue weighted by Gasteiger charge is 2.26. The lowest BCUT2D eigenvalue weighted by Gasteiger charge is -2.27. The van der Waals surface area contributed by atoms with E-state index in [2.05, 4.69) is 29.2 Å². The molecule has 0 bridgehead atoms. The minimum absolute atomic E-state index is 0.0433. The molecule has 3 heterocycles. The largest absolute Gasteiger partial charge is 0.455 e. The Kier molecular flexibility index (Phi) is 4.12. The molecule has 2 N–H and O–H groups in total. The molecule has 1 atom stereocenters. The van der Waals surface area contributed by atoms with Gasteiger partial charge in [-0.05, 0) is 36.1 Å². The number of amides is 1. The number of benzene rings is 1. The molecule has 0 spiro atoms. The Balaban J connectivity index is 1.40. The van der Waals surface area contributed by atoms with Crippen LogP contribution in [0.3, 0.4) is 0 Å². The van der Waals surface area contributed by atoms with Crippen molar-refractivity contribution >= 4 is 5.91 Å². The average molecular weight is 325 g/mol. The van der Waals surface area contributed by atoms with Gasteiger partial charge in [0, 0.05) is 32.2 Å². The molecule has 126 valence electrons. The first-order valence-corrected chi connectivity index (χ1v) is 8.62. The predicted octanol–water partition coefficient (Wildman–Crippen LogP) is 2.01. The van der Waals surface area contributed by atoms with Gasteiger partial charge in [0.15, 0.2) is 5.76 Å². The number of likely N-dealkylation sites (tertiary alicyclic amines) is 1. The quantitative estimate of drug-likeness (QED) is 0.938. The lowest BCUT2D eigenvalue weighted by molar-refractivity contribution is 0.0755. The standard InChI is InChI=1S/C19H23N3O2/c20-16-8-10-22(12-16)19(23)18-6-5-17(24-18)13-21-9-7-14-3-1-2-4-15(14)11-21/h1-6,16H,7-13,20H2. The molecule has 1 aromatic carbocycles. The van der Waals surface area contributed by atoms with Crippen LogP contribution in [0.2, 0.25) is 0 Å². The van der Waals surface area contributed by atoms with Crippen LogP contribution in [0.25, 0.3) is 0 Å². The van der Waals surface area contributed by atoms with Crippen molar-refractivity contribution in [1.82, 2.24) is 9.80 Å². The van der Waals surface area contributed by atoms with Crippen LogP contribution in [0.4, 0.5) is 0 Å². The number of furan rings is 1. The molecule has 1 unspecified atom stereocenters. The summed E-state index contributed by atoms with van der Waals surface area (Å²) in [5.41, 5.74) is 8.70. The second-order valence-electron chi connectivity index (χ2n) is 6.80. The third-order valence-electron chi connectivity index (χ3n) is 4.97.